The average molecular weight is 342 g/mol. The van der Waals surface area contributed by atoms with E-state index in [1.807, 2.05) is 0 Å². The Labute approximate surface area is 57.1 Å². The first-order valence-corrected chi connectivity index (χ1v) is 2.10. The topological polar surface area (TPSA) is 74.6 Å². The third kappa shape index (κ3) is 98.4. The molecule has 38 valence electrons. The molecule has 0 amide bonds. The third-order valence-electron chi connectivity index (χ3n) is 0. The van der Waals surface area contributed by atoms with Crippen LogP contribution < -0.4 is 0 Å². The Hall–Kier alpha value is 0.857. The van der Waals surface area contributed by atoms with Crippen molar-refractivity contribution in [3.8, 4) is 0 Å². The van der Waals surface area contributed by atoms with Gasteiger partial charge >= 0.3 is 10.4 Å². The van der Waals surface area contributed by atoms with Crippen LogP contribution in [0.2, 0.25) is 0 Å². The summed E-state index contributed by atoms with van der Waals surface area (Å²) in [6, 6.07) is 0. The summed E-state index contributed by atoms with van der Waals surface area (Å²) in [5.41, 5.74) is 0. The van der Waals surface area contributed by atoms with Gasteiger partial charge in [0.15, 0.2) is 0 Å². The average Bonchev–Trinajstić information content (AvgIpc) is 0.722. The molecule has 6 heteroatoms. The molecule has 0 fully saturated rings. The molecular formula is H2O4PuS. The SMILES string of the molecule is O=S(=O)(O)O.[Pu]. The second-order valence-electron chi connectivity index (χ2n) is 0.448. The van der Waals surface area contributed by atoms with E-state index in [-0.39, 0.29) is 29.2 Å². The van der Waals surface area contributed by atoms with E-state index in [0.29, 0.717) is 0 Å². The van der Waals surface area contributed by atoms with Gasteiger partial charge in [-0.25, -0.2) is 0 Å². The number of rotatable bonds is 0. The molecule has 0 atom stereocenters. The molecule has 2 N–H and O–H groups in total. The molecule has 0 spiro atoms. The molecular weight excluding hydrogens is 340 g/mol. The molecule has 0 aliphatic rings. The van der Waals surface area contributed by atoms with Crippen molar-refractivity contribution in [1.82, 2.24) is 0 Å². The molecule has 0 aromatic carbocycles. The van der Waals surface area contributed by atoms with E-state index < -0.39 is 10.4 Å². The quantitative estimate of drug-likeness (QED) is 0.574. The summed E-state index contributed by atoms with van der Waals surface area (Å²) in [6.07, 6.45) is 0. The Bertz CT molecular complexity index is 90.7. The van der Waals surface area contributed by atoms with Gasteiger partial charge in [0, 0.05) is 29.2 Å². The first-order valence-electron chi connectivity index (χ1n) is 0.698. The maximum absolute atomic E-state index is 8.74. The van der Waals surface area contributed by atoms with Gasteiger partial charge < -0.3 is 0 Å². The number of hydrogen-bond donors (Lipinski definition) is 2. The van der Waals surface area contributed by atoms with E-state index in [4.69, 9.17) is 17.5 Å². The van der Waals surface area contributed by atoms with Gasteiger partial charge in [-0.15, -0.1) is 0 Å². The van der Waals surface area contributed by atoms with Crippen molar-refractivity contribution in [3.63, 3.8) is 0 Å². The van der Waals surface area contributed by atoms with Crippen LogP contribution in [0.25, 0.3) is 0 Å². The van der Waals surface area contributed by atoms with Crippen LogP contribution in [-0.2, 0) is 10.4 Å². The van der Waals surface area contributed by atoms with Gasteiger partial charge in [-0.05, 0) is 0 Å². The Morgan fingerprint density at radius 2 is 1.17 bits per heavy atom. The fourth-order valence-electron chi connectivity index (χ4n) is 0. The molecule has 6 heavy (non-hydrogen) atoms. The predicted molar refractivity (Wildman–Crippen MR) is 14.2 cm³/mol. The van der Waals surface area contributed by atoms with Crippen molar-refractivity contribution in [3.05, 3.63) is 0 Å². The van der Waals surface area contributed by atoms with Crippen LogP contribution in [-0.4, -0.2) is 17.5 Å². The van der Waals surface area contributed by atoms with E-state index in [1.165, 1.54) is 0 Å². The van der Waals surface area contributed by atoms with Crippen LogP contribution in [0.15, 0.2) is 0 Å². The molecule has 0 rings (SSSR count). The molecule has 0 aliphatic carbocycles. The van der Waals surface area contributed by atoms with Crippen molar-refractivity contribution in [2.24, 2.45) is 0 Å². The summed E-state index contributed by atoms with van der Waals surface area (Å²) in [6.45, 7) is 0. The van der Waals surface area contributed by atoms with E-state index in [0.717, 1.165) is 0 Å². The zero-order valence-electron chi connectivity index (χ0n) is 2.53. The first-order chi connectivity index (χ1) is 2.00. The van der Waals surface area contributed by atoms with E-state index in [1.54, 1.807) is 0 Å². The minimum absolute atomic E-state index is 0. The molecule has 0 aliphatic heterocycles. The van der Waals surface area contributed by atoms with Gasteiger partial charge in [-0.3, -0.25) is 9.11 Å². The van der Waals surface area contributed by atoms with Crippen LogP contribution in [0.3, 0.4) is 0 Å². The standard InChI is InChI=1S/H2O4S.Pu/c1-5(2,3)4;/h(H2,1,2,3,4);. The summed E-state index contributed by atoms with van der Waals surface area (Å²) in [7, 11) is -4.67. The van der Waals surface area contributed by atoms with Crippen LogP contribution >= 0.6 is 0 Å². The fraction of sp³-hybridized carbons (Fsp3) is 0. The summed E-state index contributed by atoms with van der Waals surface area (Å²) in [4.78, 5) is 0. The maximum atomic E-state index is 8.74. The molecule has 0 bridgehead atoms. The second kappa shape index (κ2) is 2.94. The van der Waals surface area contributed by atoms with Gasteiger partial charge in [0.2, 0.25) is 0 Å². The van der Waals surface area contributed by atoms with Crippen molar-refractivity contribution in [2.45, 2.75) is 0 Å². The van der Waals surface area contributed by atoms with E-state index >= 15 is 0 Å². The first kappa shape index (κ1) is 9.97. The smallest absolute Gasteiger partial charge is 0.264 e. The Kier molecular flexibility index (Phi) is 4.88. The molecule has 0 saturated carbocycles. The Balaban J connectivity index is 0. The Morgan fingerprint density at radius 1 is 1.17 bits per heavy atom. The second-order valence-corrected chi connectivity index (χ2v) is 1.34. The third-order valence-corrected chi connectivity index (χ3v) is 0. The predicted octanol–water partition coefficient (Wildman–Crippen LogP) is -0.653. The summed E-state index contributed by atoms with van der Waals surface area (Å²) in [5.74, 6) is 0. The van der Waals surface area contributed by atoms with Gasteiger partial charge in [0.1, 0.15) is 0 Å². The molecule has 0 unspecified atom stereocenters. The molecule has 4 nitrogen and oxygen atoms in total. The van der Waals surface area contributed by atoms with Gasteiger partial charge in [0.25, 0.3) is 0 Å². The normalized spacial score (nSPS) is 9.67. The van der Waals surface area contributed by atoms with Crippen LogP contribution in [0.5, 0.6) is 0 Å². The fourth-order valence-corrected chi connectivity index (χ4v) is 0. The molecule has 0 heterocycles. The van der Waals surface area contributed by atoms with Crippen molar-refractivity contribution in [2.75, 3.05) is 0 Å². The van der Waals surface area contributed by atoms with Gasteiger partial charge in [-0.2, -0.15) is 8.42 Å². The summed E-state index contributed by atoms with van der Waals surface area (Å²) in [5, 5.41) is 0. The number of hydrogen-bond acceptors (Lipinski definition) is 2. The summed E-state index contributed by atoms with van der Waals surface area (Å²) < 4.78 is 31.6. The minimum Gasteiger partial charge on any atom is -0.264 e. The molecule has 0 saturated heterocycles. The van der Waals surface area contributed by atoms with Gasteiger partial charge in [0.05, 0.1) is 0 Å². The summed E-state index contributed by atoms with van der Waals surface area (Å²) >= 11 is 0. The zero-order chi connectivity index (χ0) is 4.50. The molecule has 0 radical (unpaired) electrons. The van der Waals surface area contributed by atoms with Crippen LogP contribution in [0.4, 0.5) is 0 Å². The van der Waals surface area contributed by atoms with Gasteiger partial charge in [-0.1, -0.05) is 0 Å². The van der Waals surface area contributed by atoms with E-state index in [9.17, 15) is 0 Å². The van der Waals surface area contributed by atoms with Crippen LogP contribution in [0.1, 0.15) is 0 Å². The maximum Gasteiger partial charge on any atom is 0.394 e. The Morgan fingerprint density at radius 3 is 1.17 bits per heavy atom. The van der Waals surface area contributed by atoms with E-state index in [2.05, 4.69) is 0 Å². The minimum atomic E-state index is -4.67. The van der Waals surface area contributed by atoms with Crippen molar-refractivity contribution < 1.29 is 46.7 Å². The van der Waals surface area contributed by atoms with Crippen molar-refractivity contribution >= 4 is 10.4 Å². The molecule has 0 aromatic heterocycles. The van der Waals surface area contributed by atoms with Crippen molar-refractivity contribution in [1.29, 1.82) is 0 Å². The largest absolute Gasteiger partial charge is 0.394 e. The zero-order valence-corrected chi connectivity index (χ0v) is 6.74. The van der Waals surface area contributed by atoms with Crippen LogP contribution in [0, 0.1) is 29.2 Å². The molecule has 0 aromatic rings. The monoisotopic (exact) mass is 336 g/mol.